The van der Waals surface area contributed by atoms with Crippen molar-refractivity contribution in [3.05, 3.63) is 113 Å². The van der Waals surface area contributed by atoms with Crippen molar-refractivity contribution >= 4 is 28.7 Å². The molecule has 9 heteroatoms. The van der Waals surface area contributed by atoms with Crippen LogP contribution in [0.3, 0.4) is 0 Å². The maximum atomic E-state index is 11.4. The van der Waals surface area contributed by atoms with E-state index >= 15 is 0 Å². The Kier molecular flexibility index (Phi) is 5.69. The lowest BCUT2D eigenvalue weighted by atomic mass is 10.0. The van der Waals surface area contributed by atoms with Gasteiger partial charge in [0.1, 0.15) is 11.8 Å². The highest BCUT2D eigenvalue weighted by molar-refractivity contribution is 7.80. The van der Waals surface area contributed by atoms with Crippen molar-refractivity contribution in [1.29, 1.82) is 0 Å². The van der Waals surface area contributed by atoms with E-state index in [0.717, 1.165) is 22.8 Å². The maximum absolute atomic E-state index is 11.4. The van der Waals surface area contributed by atoms with Crippen molar-refractivity contribution in [2.45, 2.75) is 12.1 Å². The number of thiocarbonyl (C=S) groups is 1. The molecule has 0 bridgehead atoms. The molecule has 0 radical (unpaired) electrons. The van der Waals surface area contributed by atoms with Crippen LogP contribution >= 0.6 is 12.2 Å². The summed E-state index contributed by atoms with van der Waals surface area (Å²) in [6, 6.07) is 23.5. The predicted octanol–water partition coefficient (Wildman–Crippen LogP) is 4.97. The van der Waals surface area contributed by atoms with Gasteiger partial charge in [0.25, 0.3) is 5.69 Å². The third-order valence-electron chi connectivity index (χ3n) is 5.83. The van der Waals surface area contributed by atoms with Gasteiger partial charge in [-0.2, -0.15) is 0 Å². The minimum absolute atomic E-state index is 0.0307. The van der Waals surface area contributed by atoms with Gasteiger partial charge in [-0.05, 0) is 54.7 Å². The number of nitrogens with zero attached hydrogens (tertiary/aromatic N) is 4. The lowest BCUT2D eigenvalue weighted by Gasteiger charge is -2.29. The second kappa shape index (κ2) is 8.95. The van der Waals surface area contributed by atoms with E-state index in [1.165, 1.54) is 6.07 Å². The van der Waals surface area contributed by atoms with Crippen molar-refractivity contribution in [2.24, 2.45) is 0 Å². The van der Waals surface area contributed by atoms with Gasteiger partial charge in [-0.25, -0.2) is 0 Å². The predicted molar refractivity (Wildman–Crippen MR) is 133 cm³/mol. The van der Waals surface area contributed by atoms with Crippen LogP contribution in [0.5, 0.6) is 5.75 Å². The number of aromatic nitrogens is 2. The van der Waals surface area contributed by atoms with Gasteiger partial charge in [-0.1, -0.05) is 18.2 Å². The maximum Gasteiger partial charge on any atom is 0.271 e. The minimum atomic E-state index is -0.391. The Morgan fingerprint density at radius 2 is 1.85 bits per heavy atom. The summed E-state index contributed by atoms with van der Waals surface area (Å²) >= 11 is 5.79. The molecule has 0 aliphatic carbocycles. The fourth-order valence-corrected chi connectivity index (χ4v) is 4.67. The van der Waals surface area contributed by atoms with E-state index in [1.54, 1.807) is 25.4 Å². The summed E-state index contributed by atoms with van der Waals surface area (Å²) in [5, 5.41) is 15.4. The number of anilines is 1. The second-order valence-corrected chi connectivity index (χ2v) is 8.16. The van der Waals surface area contributed by atoms with Crippen molar-refractivity contribution in [2.75, 3.05) is 12.0 Å². The smallest absolute Gasteiger partial charge is 0.271 e. The van der Waals surface area contributed by atoms with E-state index in [4.69, 9.17) is 17.0 Å². The van der Waals surface area contributed by atoms with Gasteiger partial charge in [0.05, 0.1) is 29.5 Å². The second-order valence-electron chi connectivity index (χ2n) is 7.78. The molecule has 3 heterocycles. The molecule has 2 atom stereocenters. The lowest BCUT2D eigenvalue weighted by molar-refractivity contribution is -0.384. The number of nitrogens with one attached hydrogen (secondary N) is 1. The van der Waals surface area contributed by atoms with Crippen LogP contribution < -0.4 is 15.0 Å². The van der Waals surface area contributed by atoms with Gasteiger partial charge in [-0.15, -0.1) is 0 Å². The molecule has 1 saturated heterocycles. The summed E-state index contributed by atoms with van der Waals surface area (Å²) in [6.07, 6.45) is 3.65. The highest BCUT2D eigenvalue weighted by atomic mass is 32.1. The molecule has 0 amide bonds. The number of hydrogen-bond acceptors (Lipinski definition) is 5. The fraction of sp³-hybridized carbons (Fsp3) is 0.120. The van der Waals surface area contributed by atoms with Crippen molar-refractivity contribution in [3.63, 3.8) is 0 Å². The number of hydrogen-bond donors (Lipinski definition) is 1. The molecule has 0 saturated carbocycles. The molecular weight excluding hydrogens is 450 g/mol. The van der Waals surface area contributed by atoms with Crippen LogP contribution in [0.25, 0.3) is 5.69 Å². The molecule has 8 nitrogen and oxygen atoms in total. The molecule has 170 valence electrons. The number of rotatable bonds is 6. The van der Waals surface area contributed by atoms with E-state index in [9.17, 15) is 10.1 Å². The molecule has 34 heavy (non-hydrogen) atoms. The Morgan fingerprint density at radius 1 is 1.03 bits per heavy atom. The zero-order valence-corrected chi connectivity index (χ0v) is 19.1. The van der Waals surface area contributed by atoms with Crippen molar-refractivity contribution in [1.82, 2.24) is 14.9 Å². The minimum Gasteiger partial charge on any atom is -0.497 e. The summed E-state index contributed by atoms with van der Waals surface area (Å²) in [4.78, 5) is 17.6. The summed E-state index contributed by atoms with van der Waals surface area (Å²) in [5.74, 6) is 0.717. The topological polar surface area (TPSA) is 85.5 Å². The largest absolute Gasteiger partial charge is 0.497 e. The summed E-state index contributed by atoms with van der Waals surface area (Å²) in [7, 11) is 1.63. The normalized spacial score (nSPS) is 17.4. The summed E-state index contributed by atoms with van der Waals surface area (Å²) in [6.45, 7) is 0. The molecule has 1 aliphatic rings. The zero-order valence-electron chi connectivity index (χ0n) is 18.2. The standard InChI is InChI=1S/C25H21N5O3S/c1-33-20-10-5-8-18(16-20)29-24(23(27-25(29)34)21-11-2-3-13-26-21)22-12-6-14-28(22)17-7-4-9-19(15-17)30(31)32/h2-16,23-24H,1H3,(H,27,34). The highest BCUT2D eigenvalue weighted by Gasteiger charge is 2.42. The van der Waals surface area contributed by atoms with Crippen molar-refractivity contribution < 1.29 is 9.66 Å². The van der Waals surface area contributed by atoms with E-state index in [0.29, 0.717) is 10.8 Å². The molecule has 2 aromatic carbocycles. The third kappa shape index (κ3) is 3.86. The average Bonchev–Trinajstić information content (AvgIpc) is 3.49. The summed E-state index contributed by atoms with van der Waals surface area (Å²) < 4.78 is 7.40. The van der Waals surface area contributed by atoms with Crippen LogP contribution in [-0.2, 0) is 0 Å². The molecule has 1 N–H and O–H groups in total. The van der Waals surface area contributed by atoms with Gasteiger partial charge in [0.15, 0.2) is 5.11 Å². The first-order valence-electron chi connectivity index (χ1n) is 10.6. The highest BCUT2D eigenvalue weighted by Crippen LogP contribution is 2.43. The Balaban J connectivity index is 1.67. The van der Waals surface area contributed by atoms with Crippen LogP contribution in [0.15, 0.2) is 91.3 Å². The third-order valence-corrected chi connectivity index (χ3v) is 6.15. The Morgan fingerprint density at radius 3 is 2.62 bits per heavy atom. The van der Waals surface area contributed by atoms with Crippen LogP contribution in [-0.4, -0.2) is 26.7 Å². The van der Waals surface area contributed by atoms with E-state index in [1.807, 2.05) is 76.3 Å². The molecule has 2 unspecified atom stereocenters. The van der Waals surface area contributed by atoms with Crippen molar-refractivity contribution in [3.8, 4) is 11.4 Å². The lowest BCUT2D eigenvalue weighted by Crippen LogP contribution is -2.30. The Bertz CT molecular complexity index is 1360. The molecule has 1 fully saturated rings. The fourth-order valence-electron chi connectivity index (χ4n) is 4.32. The van der Waals surface area contributed by atoms with Gasteiger partial charge in [0.2, 0.25) is 0 Å². The number of benzene rings is 2. The van der Waals surface area contributed by atoms with Gasteiger partial charge in [-0.3, -0.25) is 15.1 Å². The SMILES string of the molecule is COc1cccc(N2C(=S)NC(c3ccccn3)C2c2cccn2-c2cccc([N+](=O)[O-])c2)c1. The number of nitro benzene ring substituents is 1. The molecule has 1 aliphatic heterocycles. The summed E-state index contributed by atoms with van der Waals surface area (Å²) in [5.41, 5.74) is 3.34. The Labute approximate surface area is 201 Å². The molecule has 0 spiro atoms. The molecular formula is C25H21N5O3S. The quantitative estimate of drug-likeness (QED) is 0.241. The van der Waals surface area contributed by atoms with E-state index < -0.39 is 4.92 Å². The number of pyridine rings is 1. The van der Waals surface area contributed by atoms with Crippen LogP contribution in [0.1, 0.15) is 23.5 Å². The van der Waals surface area contributed by atoms with E-state index in [2.05, 4.69) is 10.3 Å². The molecule has 4 aromatic rings. The van der Waals surface area contributed by atoms with Crippen LogP contribution in [0.2, 0.25) is 0 Å². The molecule has 5 rings (SSSR count). The first-order valence-corrected chi connectivity index (χ1v) is 11.0. The number of non-ortho nitro benzene ring substituents is 1. The van der Waals surface area contributed by atoms with E-state index in [-0.39, 0.29) is 17.8 Å². The first-order chi connectivity index (χ1) is 16.6. The van der Waals surface area contributed by atoms with Gasteiger partial charge < -0.3 is 19.5 Å². The molecule has 2 aromatic heterocycles. The zero-order chi connectivity index (χ0) is 23.7. The monoisotopic (exact) mass is 471 g/mol. The van der Waals surface area contributed by atoms with Crippen LogP contribution in [0.4, 0.5) is 11.4 Å². The van der Waals surface area contributed by atoms with Gasteiger partial charge >= 0.3 is 0 Å². The average molecular weight is 472 g/mol. The number of nitro groups is 1. The number of methoxy groups -OCH3 is 1. The number of ether oxygens (including phenoxy) is 1. The first kappa shape index (κ1) is 21.6. The Hall–Kier alpha value is -4.24. The van der Waals surface area contributed by atoms with Crippen LogP contribution in [0, 0.1) is 10.1 Å². The van der Waals surface area contributed by atoms with Gasteiger partial charge in [0, 0.05) is 42.0 Å².